The van der Waals surface area contributed by atoms with Gasteiger partial charge in [-0.1, -0.05) is 28.1 Å². The molecule has 0 atom stereocenters. The number of hydrogen-bond donors (Lipinski definition) is 2. The summed E-state index contributed by atoms with van der Waals surface area (Å²) in [6.45, 7) is 0.307. The summed E-state index contributed by atoms with van der Waals surface area (Å²) in [6, 6.07) is 11.6. The third-order valence-corrected chi connectivity index (χ3v) is 3.76. The molecule has 7 heteroatoms. The van der Waals surface area contributed by atoms with Gasteiger partial charge in [0.15, 0.2) is 0 Å². The Balaban J connectivity index is 2.08. The lowest BCUT2D eigenvalue weighted by atomic mass is 10.2. The molecular weight excluding hydrogens is 359 g/mol. The summed E-state index contributed by atoms with van der Waals surface area (Å²) in [4.78, 5) is 0. The number of anilines is 2. The van der Waals surface area contributed by atoms with Crippen molar-refractivity contribution in [3.8, 4) is 0 Å². The van der Waals surface area contributed by atoms with Crippen molar-refractivity contribution >= 4 is 37.3 Å². The van der Waals surface area contributed by atoms with Crippen molar-refractivity contribution in [2.24, 2.45) is 0 Å². The fourth-order valence-corrected chi connectivity index (χ4v) is 2.66. The maximum atomic E-state index is 13.7. The SMILES string of the molecule is CS(=O)(=O)Nc1cccc(NCc2ccc(Br)cc2F)c1. The van der Waals surface area contributed by atoms with E-state index in [4.69, 9.17) is 0 Å². The zero-order valence-corrected chi connectivity index (χ0v) is 13.6. The highest BCUT2D eigenvalue weighted by Crippen LogP contribution is 2.19. The van der Waals surface area contributed by atoms with Crippen LogP contribution in [0.1, 0.15) is 5.56 Å². The number of sulfonamides is 1. The molecule has 0 spiro atoms. The highest BCUT2D eigenvalue weighted by atomic mass is 79.9. The molecule has 0 bridgehead atoms. The van der Waals surface area contributed by atoms with E-state index in [1.807, 2.05) is 0 Å². The van der Waals surface area contributed by atoms with Crippen LogP contribution in [0.25, 0.3) is 0 Å². The predicted octanol–water partition coefficient (Wildman–Crippen LogP) is 3.57. The Morgan fingerprint density at radius 1 is 1.14 bits per heavy atom. The zero-order chi connectivity index (χ0) is 15.5. The molecule has 0 radical (unpaired) electrons. The normalized spacial score (nSPS) is 11.2. The number of rotatable bonds is 5. The topological polar surface area (TPSA) is 58.2 Å². The third-order valence-electron chi connectivity index (χ3n) is 2.66. The van der Waals surface area contributed by atoms with Gasteiger partial charge in [-0.05, 0) is 30.3 Å². The summed E-state index contributed by atoms with van der Waals surface area (Å²) in [5.41, 5.74) is 1.68. The van der Waals surface area contributed by atoms with E-state index >= 15 is 0 Å². The molecule has 0 aliphatic carbocycles. The molecule has 0 aliphatic rings. The van der Waals surface area contributed by atoms with Crippen molar-refractivity contribution in [1.82, 2.24) is 0 Å². The summed E-state index contributed by atoms with van der Waals surface area (Å²) in [5, 5.41) is 3.06. The number of halogens is 2. The lowest BCUT2D eigenvalue weighted by Gasteiger charge is -2.10. The fourth-order valence-electron chi connectivity index (χ4n) is 1.77. The van der Waals surface area contributed by atoms with E-state index in [1.165, 1.54) is 6.07 Å². The van der Waals surface area contributed by atoms with Gasteiger partial charge in [-0.2, -0.15) is 0 Å². The second kappa shape index (κ2) is 6.44. The van der Waals surface area contributed by atoms with Gasteiger partial charge < -0.3 is 5.32 Å². The Labute approximate surface area is 131 Å². The highest BCUT2D eigenvalue weighted by molar-refractivity contribution is 9.10. The molecule has 0 amide bonds. The van der Waals surface area contributed by atoms with E-state index in [0.717, 1.165) is 6.26 Å². The van der Waals surface area contributed by atoms with Crippen LogP contribution in [0.5, 0.6) is 0 Å². The molecule has 21 heavy (non-hydrogen) atoms. The van der Waals surface area contributed by atoms with E-state index in [0.29, 0.717) is 28.0 Å². The Morgan fingerprint density at radius 3 is 2.52 bits per heavy atom. The molecule has 0 fully saturated rings. The minimum atomic E-state index is -3.32. The maximum Gasteiger partial charge on any atom is 0.229 e. The predicted molar refractivity (Wildman–Crippen MR) is 86.3 cm³/mol. The second-order valence-corrected chi connectivity index (χ2v) is 7.21. The minimum absolute atomic E-state index is 0.303. The van der Waals surface area contributed by atoms with Gasteiger partial charge in [0.05, 0.1) is 11.9 Å². The van der Waals surface area contributed by atoms with Gasteiger partial charge in [-0.3, -0.25) is 4.72 Å². The minimum Gasteiger partial charge on any atom is -0.381 e. The molecular formula is C14H14BrFN2O2S. The van der Waals surface area contributed by atoms with Crippen LogP contribution in [0.3, 0.4) is 0 Å². The van der Waals surface area contributed by atoms with Crippen molar-refractivity contribution in [3.63, 3.8) is 0 Å². The number of nitrogens with one attached hydrogen (secondary N) is 2. The Bertz CT molecular complexity index is 750. The van der Waals surface area contributed by atoms with Gasteiger partial charge >= 0.3 is 0 Å². The smallest absolute Gasteiger partial charge is 0.229 e. The van der Waals surface area contributed by atoms with Crippen molar-refractivity contribution in [2.45, 2.75) is 6.54 Å². The first-order valence-electron chi connectivity index (χ1n) is 6.09. The zero-order valence-electron chi connectivity index (χ0n) is 11.2. The maximum absolute atomic E-state index is 13.7. The van der Waals surface area contributed by atoms with E-state index < -0.39 is 10.0 Å². The average molecular weight is 373 g/mol. The average Bonchev–Trinajstić information content (AvgIpc) is 2.36. The van der Waals surface area contributed by atoms with E-state index in [9.17, 15) is 12.8 Å². The molecule has 2 aromatic carbocycles. The second-order valence-electron chi connectivity index (χ2n) is 4.54. The summed E-state index contributed by atoms with van der Waals surface area (Å²) in [7, 11) is -3.32. The molecule has 2 aromatic rings. The first kappa shape index (κ1) is 15.8. The van der Waals surface area contributed by atoms with Gasteiger partial charge in [0.2, 0.25) is 10.0 Å². The van der Waals surface area contributed by atoms with Crippen LogP contribution in [0.15, 0.2) is 46.9 Å². The van der Waals surface area contributed by atoms with Crippen molar-refractivity contribution < 1.29 is 12.8 Å². The van der Waals surface area contributed by atoms with Crippen LogP contribution in [0.4, 0.5) is 15.8 Å². The molecule has 2 rings (SSSR count). The molecule has 0 heterocycles. The van der Waals surface area contributed by atoms with Crippen LogP contribution in [-0.2, 0) is 16.6 Å². The van der Waals surface area contributed by atoms with Crippen molar-refractivity contribution in [2.75, 3.05) is 16.3 Å². The molecule has 2 N–H and O–H groups in total. The van der Waals surface area contributed by atoms with Crippen molar-refractivity contribution in [1.29, 1.82) is 0 Å². The first-order valence-corrected chi connectivity index (χ1v) is 8.77. The lowest BCUT2D eigenvalue weighted by Crippen LogP contribution is -2.09. The standard InChI is InChI=1S/C14H14BrFN2O2S/c1-21(19,20)18-13-4-2-3-12(8-13)17-9-10-5-6-11(15)7-14(10)16/h2-8,17-18H,9H2,1H3. The quantitative estimate of drug-likeness (QED) is 0.843. The number of benzene rings is 2. The lowest BCUT2D eigenvalue weighted by molar-refractivity contribution is 0.606. The molecule has 0 saturated heterocycles. The number of hydrogen-bond acceptors (Lipinski definition) is 3. The Hall–Kier alpha value is -1.60. The van der Waals surface area contributed by atoms with E-state index in [2.05, 4.69) is 26.0 Å². The first-order chi connectivity index (χ1) is 9.83. The molecule has 0 saturated carbocycles. The van der Waals surface area contributed by atoms with Crippen LogP contribution >= 0.6 is 15.9 Å². The van der Waals surface area contributed by atoms with Crippen LogP contribution in [-0.4, -0.2) is 14.7 Å². The summed E-state index contributed by atoms with van der Waals surface area (Å²) in [6.07, 6.45) is 1.09. The summed E-state index contributed by atoms with van der Waals surface area (Å²) in [5.74, 6) is -0.303. The molecule has 4 nitrogen and oxygen atoms in total. The van der Waals surface area contributed by atoms with Crippen molar-refractivity contribution in [3.05, 3.63) is 58.3 Å². The Morgan fingerprint density at radius 2 is 1.86 bits per heavy atom. The largest absolute Gasteiger partial charge is 0.381 e. The van der Waals surface area contributed by atoms with Gasteiger partial charge in [-0.25, -0.2) is 12.8 Å². The molecule has 0 aliphatic heterocycles. The van der Waals surface area contributed by atoms with Gasteiger partial charge in [0, 0.05) is 22.3 Å². The Kier molecular flexibility index (Phi) is 4.84. The van der Waals surface area contributed by atoms with Crippen LogP contribution in [0.2, 0.25) is 0 Å². The van der Waals surface area contributed by atoms with Gasteiger partial charge in [-0.15, -0.1) is 0 Å². The monoisotopic (exact) mass is 372 g/mol. The molecule has 0 unspecified atom stereocenters. The van der Waals surface area contributed by atoms with Gasteiger partial charge in [0.1, 0.15) is 5.82 Å². The van der Waals surface area contributed by atoms with Crippen LogP contribution in [0, 0.1) is 5.82 Å². The van der Waals surface area contributed by atoms with E-state index in [1.54, 1.807) is 36.4 Å². The van der Waals surface area contributed by atoms with E-state index in [-0.39, 0.29) is 5.82 Å². The van der Waals surface area contributed by atoms with Gasteiger partial charge in [0.25, 0.3) is 0 Å². The fraction of sp³-hybridized carbons (Fsp3) is 0.143. The molecule has 112 valence electrons. The van der Waals surface area contributed by atoms with Crippen LogP contribution < -0.4 is 10.0 Å². The summed E-state index contributed by atoms with van der Waals surface area (Å²) < 4.78 is 39.1. The third kappa shape index (κ3) is 5.02. The highest BCUT2D eigenvalue weighted by Gasteiger charge is 2.04. The molecule has 0 aromatic heterocycles. The summed E-state index contributed by atoms with van der Waals surface area (Å²) >= 11 is 3.20.